The molecule has 1 saturated heterocycles. The summed E-state index contributed by atoms with van der Waals surface area (Å²) in [6, 6.07) is 0.588. The molecule has 1 fully saturated rings. The van der Waals surface area contributed by atoms with Crippen LogP contribution in [-0.4, -0.2) is 49.3 Å². The van der Waals surface area contributed by atoms with Crippen molar-refractivity contribution in [2.45, 2.75) is 52.9 Å². The molecule has 1 heterocycles. The van der Waals surface area contributed by atoms with Crippen molar-refractivity contribution in [1.29, 1.82) is 0 Å². The van der Waals surface area contributed by atoms with Crippen molar-refractivity contribution in [1.82, 2.24) is 10.2 Å². The molecule has 0 aromatic carbocycles. The highest BCUT2D eigenvalue weighted by atomic mass is 16.5. The van der Waals surface area contributed by atoms with Crippen molar-refractivity contribution in [2.75, 3.05) is 26.2 Å². The minimum absolute atomic E-state index is 0.383. The van der Waals surface area contributed by atoms with Crippen molar-refractivity contribution in [3.8, 4) is 0 Å². The molecule has 0 bridgehead atoms. The second-order valence-electron chi connectivity index (χ2n) is 5.64. The molecule has 3 atom stereocenters. The first-order valence-electron chi connectivity index (χ1n) is 6.58. The fourth-order valence-corrected chi connectivity index (χ4v) is 2.38. The first-order valence-corrected chi connectivity index (χ1v) is 6.58. The Labute approximate surface area is 101 Å². The summed E-state index contributed by atoms with van der Waals surface area (Å²) < 4.78 is 5.74. The van der Waals surface area contributed by atoms with Crippen LogP contribution in [-0.2, 0) is 4.74 Å². The summed E-state index contributed by atoms with van der Waals surface area (Å²) in [6.45, 7) is 15.5. The second kappa shape index (κ2) is 6.58. The maximum atomic E-state index is 5.74. The molecule has 16 heavy (non-hydrogen) atoms. The molecule has 0 aliphatic carbocycles. The van der Waals surface area contributed by atoms with Gasteiger partial charge in [0.15, 0.2) is 0 Å². The van der Waals surface area contributed by atoms with E-state index < -0.39 is 0 Å². The third kappa shape index (κ3) is 5.28. The Morgan fingerprint density at radius 2 is 1.75 bits per heavy atom. The van der Waals surface area contributed by atoms with Crippen LogP contribution in [0.3, 0.4) is 0 Å². The Morgan fingerprint density at radius 1 is 1.19 bits per heavy atom. The van der Waals surface area contributed by atoms with Gasteiger partial charge < -0.3 is 10.1 Å². The van der Waals surface area contributed by atoms with Gasteiger partial charge in [-0.2, -0.15) is 0 Å². The Balaban J connectivity index is 2.24. The van der Waals surface area contributed by atoms with E-state index in [1.54, 1.807) is 0 Å². The normalized spacial score (nSPS) is 29.6. The second-order valence-corrected chi connectivity index (χ2v) is 5.64. The molecule has 1 aliphatic rings. The number of hydrogen-bond donors (Lipinski definition) is 1. The summed E-state index contributed by atoms with van der Waals surface area (Å²) in [6.07, 6.45) is 0.767. The minimum atomic E-state index is 0.383. The lowest BCUT2D eigenvalue weighted by atomic mass is 10.1. The van der Waals surface area contributed by atoms with Gasteiger partial charge in [-0.05, 0) is 26.3 Å². The highest BCUT2D eigenvalue weighted by molar-refractivity contribution is 4.75. The van der Waals surface area contributed by atoms with Crippen molar-refractivity contribution in [3.05, 3.63) is 0 Å². The van der Waals surface area contributed by atoms with Gasteiger partial charge in [0.1, 0.15) is 0 Å². The Hall–Kier alpha value is -0.120. The van der Waals surface area contributed by atoms with Crippen molar-refractivity contribution >= 4 is 0 Å². The van der Waals surface area contributed by atoms with Crippen LogP contribution in [0, 0.1) is 5.92 Å². The maximum absolute atomic E-state index is 5.74. The van der Waals surface area contributed by atoms with Crippen LogP contribution >= 0.6 is 0 Å². The first kappa shape index (κ1) is 13.9. The van der Waals surface area contributed by atoms with Gasteiger partial charge in [0, 0.05) is 25.7 Å². The average molecular weight is 228 g/mol. The Morgan fingerprint density at radius 3 is 2.25 bits per heavy atom. The molecule has 0 aromatic heterocycles. The summed E-state index contributed by atoms with van der Waals surface area (Å²) >= 11 is 0. The van der Waals surface area contributed by atoms with E-state index in [1.807, 2.05) is 0 Å². The molecule has 1 aliphatic heterocycles. The van der Waals surface area contributed by atoms with Crippen molar-refractivity contribution in [3.63, 3.8) is 0 Å². The quantitative estimate of drug-likeness (QED) is 0.775. The van der Waals surface area contributed by atoms with E-state index in [2.05, 4.69) is 44.8 Å². The number of morpholine rings is 1. The molecule has 0 saturated carbocycles. The molecule has 1 rings (SSSR count). The lowest BCUT2D eigenvalue weighted by molar-refractivity contribution is -0.0708. The van der Waals surface area contributed by atoms with Crippen LogP contribution in [0.1, 0.15) is 34.6 Å². The van der Waals surface area contributed by atoms with Crippen LogP contribution in [0.2, 0.25) is 0 Å². The van der Waals surface area contributed by atoms with Gasteiger partial charge >= 0.3 is 0 Å². The van der Waals surface area contributed by atoms with E-state index in [1.165, 1.54) is 6.54 Å². The largest absolute Gasteiger partial charge is 0.373 e. The Bertz CT molecular complexity index is 186. The zero-order valence-corrected chi connectivity index (χ0v) is 11.5. The monoisotopic (exact) mass is 228 g/mol. The number of rotatable bonds is 5. The smallest absolute Gasteiger partial charge is 0.0678 e. The number of ether oxygens (including phenoxy) is 1. The van der Waals surface area contributed by atoms with E-state index in [4.69, 9.17) is 4.74 Å². The van der Waals surface area contributed by atoms with Crippen LogP contribution in [0.4, 0.5) is 0 Å². The van der Waals surface area contributed by atoms with Gasteiger partial charge in [-0.25, -0.2) is 0 Å². The molecule has 96 valence electrons. The van der Waals surface area contributed by atoms with Gasteiger partial charge in [0.2, 0.25) is 0 Å². The predicted octanol–water partition coefficient (Wildman–Crippen LogP) is 1.73. The van der Waals surface area contributed by atoms with Gasteiger partial charge in [0.25, 0.3) is 0 Å². The van der Waals surface area contributed by atoms with Gasteiger partial charge in [-0.1, -0.05) is 20.8 Å². The maximum Gasteiger partial charge on any atom is 0.0678 e. The predicted molar refractivity (Wildman–Crippen MR) is 68.8 cm³/mol. The minimum Gasteiger partial charge on any atom is -0.373 e. The summed E-state index contributed by atoms with van der Waals surface area (Å²) in [5.74, 6) is 0.708. The van der Waals surface area contributed by atoms with Crippen LogP contribution in [0.15, 0.2) is 0 Å². The van der Waals surface area contributed by atoms with E-state index in [0.29, 0.717) is 24.2 Å². The fourth-order valence-electron chi connectivity index (χ4n) is 2.38. The molecule has 0 radical (unpaired) electrons. The van der Waals surface area contributed by atoms with Gasteiger partial charge in [0.05, 0.1) is 12.2 Å². The third-order valence-corrected chi connectivity index (χ3v) is 2.94. The Kier molecular flexibility index (Phi) is 5.73. The standard InChI is InChI=1S/C13H28N2O/c1-10(2)14-6-11(3)7-15-8-12(4)16-13(5)9-15/h10-14H,6-9H2,1-5H3. The van der Waals surface area contributed by atoms with E-state index in [9.17, 15) is 0 Å². The molecule has 3 unspecified atom stereocenters. The molecule has 0 aromatic rings. The van der Waals surface area contributed by atoms with E-state index in [0.717, 1.165) is 19.6 Å². The summed E-state index contributed by atoms with van der Waals surface area (Å²) in [5, 5.41) is 3.50. The van der Waals surface area contributed by atoms with Crippen LogP contribution < -0.4 is 5.32 Å². The van der Waals surface area contributed by atoms with Crippen molar-refractivity contribution < 1.29 is 4.74 Å². The summed E-state index contributed by atoms with van der Waals surface area (Å²) in [4.78, 5) is 2.53. The summed E-state index contributed by atoms with van der Waals surface area (Å²) in [7, 11) is 0. The van der Waals surface area contributed by atoms with Crippen molar-refractivity contribution in [2.24, 2.45) is 5.92 Å². The molecule has 0 spiro atoms. The lowest BCUT2D eigenvalue weighted by Crippen LogP contribution is -2.47. The molecule has 0 amide bonds. The first-order chi connectivity index (χ1) is 7.47. The average Bonchev–Trinajstić information content (AvgIpc) is 2.12. The number of nitrogens with one attached hydrogen (secondary N) is 1. The van der Waals surface area contributed by atoms with E-state index >= 15 is 0 Å². The topological polar surface area (TPSA) is 24.5 Å². The molecule has 3 nitrogen and oxygen atoms in total. The third-order valence-electron chi connectivity index (χ3n) is 2.94. The number of nitrogens with zero attached hydrogens (tertiary/aromatic N) is 1. The highest BCUT2D eigenvalue weighted by Gasteiger charge is 2.22. The zero-order valence-electron chi connectivity index (χ0n) is 11.5. The lowest BCUT2D eigenvalue weighted by Gasteiger charge is -2.36. The zero-order chi connectivity index (χ0) is 12.1. The van der Waals surface area contributed by atoms with Crippen LogP contribution in [0.5, 0.6) is 0 Å². The molecular formula is C13H28N2O. The highest BCUT2D eigenvalue weighted by Crippen LogP contribution is 2.12. The number of hydrogen-bond acceptors (Lipinski definition) is 3. The van der Waals surface area contributed by atoms with Gasteiger partial charge in [-0.15, -0.1) is 0 Å². The fraction of sp³-hybridized carbons (Fsp3) is 1.00. The van der Waals surface area contributed by atoms with Gasteiger partial charge in [-0.3, -0.25) is 4.90 Å². The van der Waals surface area contributed by atoms with E-state index in [-0.39, 0.29) is 0 Å². The van der Waals surface area contributed by atoms with Crippen LogP contribution in [0.25, 0.3) is 0 Å². The summed E-state index contributed by atoms with van der Waals surface area (Å²) in [5.41, 5.74) is 0. The molecular weight excluding hydrogens is 200 g/mol. The molecule has 3 heteroatoms. The molecule has 1 N–H and O–H groups in total. The SMILES string of the molecule is CC(CNC(C)C)CN1CC(C)OC(C)C1.